The lowest BCUT2D eigenvalue weighted by atomic mass is 9.44. The summed E-state index contributed by atoms with van der Waals surface area (Å²) in [4.78, 5) is 147. The molecule has 1 aliphatic heterocycles. The van der Waals surface area contributed by atoms with Gasteiger partial charge in [0, 0.05) is 58.8 Å². The Kier molecular flexibility index (Phi) is 22.3. The van der Waals surface area contributed by atoms with Gasteiger partial charge in [-0.3, -0.25) is 24.0 Å². The van der Waals surface area contributed by atoms with Gasteiger partial charge in [0.1, 0.15) is 53.7 Å². The molecule has 4 aliphatic rings. The van der Waals surface area contributed by atoms with Gasteiger partial charge in [0.15, 0.2) is 11.4 Å². The number of ether oxygens (including phenoxy) is 8. The van der Waals surface area contributed by atoms with Crippen molar-refractivity contribution >= 4 is 65.6 Å². The second kappa shape index (κ2) is 28.4. The Morgan fingerprint density at radius 3 is 1.94 bits per heavy atom. The number of fused-ring (bicyclic) bond motifs is 5. The lowest BCUT2D eigenvalue weighted by molar-refractivity contribution is -0.347. The summed E-state index contributed by atoms with van der Waals surface area (Å²) in [6.45, 7) is 12.0. The summed E-state index contributed by atoms with van der Waals surface area (Å²) in [6, 6.07) is 9.86. The van der Waals surface area contributed by atoms with Crippen molar-refractivity contribution in [3.63, 3.8) is 0 Å². The highest BCUT2D eigenvalue weighted by Crippen LogP contribution is 2.65. The van der Waals surface area contributed by atoms with Crippen LogP contribution in [0.2, 0.25) is 0 Å². The molecule has 27 nitrogen and oxygen atoms in total. The van der Waals surface area contributed by atoms with Gasteiger partial charge in [0.25, 0.3) is 0 Å². The topological polar surface area (TPSA) is 391 Å². The number of alkyl carbamates (subject to hydrolysis) is 1. The van der Waals surface area contributed by atoms with Gasteiger partial charge in [0.05, 0.1) is 36.0 Å². The number of aliphatic carboxylic acids is 3. The van der Waals surface area contributed by atoms with Crippen LogP contribution < -0.4 is 21.3 Å². The first-order valence-corrected chi connectivity index (χ1v) is 28.8. The molecular weight excluding hydrogens is 1160 g/mol. The molecule has 2 saturated carbocycles. The maximum atomic E-state index is 15.9. The molecular formula is C61H80N4O23. The molecule has 3 aliphatic carbocycles. The maximum absolute atomic E-state index is 15.9. The smallest absolute Gasteiger partial charge is 0.408 e. The van der Waals surface area contributed by atoms with Crippen LogP contribution in [-0.2, 0) is 76.3 Å². The number of esters is 4. The SMILES string of the molecule is COC1C(=O)C2(C)C(OC)CC3OCC3(OC(C)=O)C2C(OC(=O)c2ccccc2)C2(O)CC(OC(=O)C(OC(=O)CCC(=O)NCCCCC(NC(=O)NC(CCC(=O)O)C(=O)O)C(=O)O)C(NC(=O)OC(C)(C)C)c3ccccc3)C(C)=C1C2(C)C. The van der Waals surface area contributed by atoms with Crippen LogP contribution in [0.25, 0.3) is 0 Å². The Morgan fingerprint density at radius 2 is 1.40 bits per heavy atom. The Bertz CT molecular complexity index is 2980. The first-order valence-electron chi connectivity index (χ1n) is 28.8. The first-order chi connectivity index (χ1) is 41.3. The number of carbonyl (C=O) groups excluding carboxylic acids is 8. The van der Waals surface area contributed by atoms with E-state index < -0.39 is 186 Å². The second-order valence-electron chi connectivity index (χ2n) is 24.1. The molecule has 6 rings (SSSR count). The van der Waals surface area contributed by atoms with Gasteiger partial charge in [-0.1, -0.05) is 62.4 Å². The van der Waals surface area contributed by atoms with E-state index in [-0.39, 0.29) is 61.1 Å². The number of unbranched alkanes of at least 4 members (excludes halogenated alkanes) is 1. The highest BCUT2D eigenvalue weighted by atomic mass is 16.6. The molecule has 8 N–H and O–H groups in total. The van der Waals surface area contributed by atoms with Crippen molar-refractivity contribution < 1.29 is 111 Å². The molecule has 13 unspecified atom stereocenters. The molecule has 0 aromatic heterocycles. The number of nitrogens with one attached hydrogen (secondary N) is 4. The number of carbonyl (C=O) groups is 11. The van der Waals surface area contributed by atoms with Gasteiger partial charge in [-0.15, -0.1) is 0 Å². The maximum Gasteiger partial charge on any atom is 0.408 e. The number of carboxylic acid groups (broad SMARTS) is 3. The van der Waals surface area contributed by atoms with Crippen molar-refractivity contribution in [2.75, 3.05) is 27.4 Å². The third-order valence-electron chi connectivity index (χ3n) is 16.9. The van der Waals surface area contributed by atoms with Crippen molar-refractivity contribution in [2.24, 2.45) is 16.7 Å². The number of carboxylic acids is 3. The van der Waals surface area contributed by atoms with Crippen LogP contribution in [-0.4, -0.2) is 179 Å². The van der Waals surface area contributed by atoms with Crippen molar-refractivity contribution in [2.45, 2.75) is 185 Å². The van der Waals surface area contributed by atoms with E-state index in [0.29, 0.717) is 0 Å². The molecule has 13 atom stereocenters. The van der Waals surface area contributed by atoms with E-state index in [4.69, 9.17) is 43.0 Å². The van der Waals surface area contributed by atoms with Crippen LogP contribution in [0.4, 0.5) is 9.59 Å². The fourth-order valence-corrected chi connectivity index (χ4v) is 12.5. The van der Waals surface area contributed by atoms with Crippen molar-refractivity contribution in [1.82, 2.24) is 21.3 Å². The molecule has 27 heteroatoms. The highest BCUT2D eigenvalue weighted by Gasteiger charge is 2.78. The minimum atomic E-state index is -2.40. The number of aliphatic hydroxyl groups is 1. The number of urea groups is 1. The van der Waals surface area contributed by atoms with Crippen LogP contribution in [0.15, 0.2) is 71.8 Å². The van der Waals surface area contributed by atoms with Gasteiger partial charge in [-0.05, 0) is 89.1 Å². The van der Waals surface area contributed by atoms with Gasteiger partial charge in [-0.2, -0.15) is 0 Å². The molecule has 0 spiro atoms. The zero-order valence-corrected chi connectivity index (χ0v) is 50.9. The number of hydrogen-bond donors (Lipinski definition) is 8. The van der Waals surface area contributed by atoms with Crippen molar-refractivity contribution in [1.29, 1.82) is 0 Å². The van der Waals surface area contributed by atoms with Crippen LogP contribution in [0.5, 0.6) is 0 Å². The summed E-state index contributed by atoms with van der Waals surface area (Å²) in [7, 11) is 2.67. The van der Waals surface area contributed by atoms with E-state index in [1.54, 1.807) is 84.9 Å². The summed E-state index contributed by atoms with van der Waals surface area (Å²) < 4.78 is 49.0. The minimum Gasteiger partial charge on any atom is -0.481 e. The molecule has 3 fully saturated rings. The summed E-state index contributed by atoms with van der Waals surface area (Å²) in [6.07, 6.45) is -12.6. The minimum absolute atomic E-state index is 0.0324. The number of hydrogen-bond acceptors (Lipinski definition) is 20. The standard InChI is InChI=1S/C61H80N4O23/c1-32-38(30-61(80)50(86-53(76)35-21-15-12-16-22-35)48-59(8,49(71)46(82-10)44(32)58(61,6)7)39(81-9)29-40-60(48,31-83-40)87-33(2)66)84-54(77)47(45(34-19-13-11-14-20-34)65-56(79)88-57(3,4)5)85-43(70)27-25-41(67)62-28-18-17-23-36(51(72)73)63-55(78)64-37(52(74)75)24-26-42(68)69/h11-16,19-22,36-40,45-48,50,80H,17-18,23-31H2,1-10H3,(H,62,67)(H,65,79)(H,68,69)(H,72,73)(H,74,75)(H2,63,64,78). The predicted molar refractivity (Wildman–Crippen MR) is 305 cm³/mol. The number of ketones is 1. The molecule has 2 aromatic carbocycles. The number of methoxy groups -OCH3 is 2. The van der Waals surface area contributed by atoms with E-state index in [0.717, 1.165) is 0 Å². The molecule has 1 heterocycles. The normalized spacial score (nSPS) is 26.6. The fourth-order valence-electron chi connectivity index (χ4n) is 12.5. The van der Waals surface area contributed by atoms with Gasteiger partial charge < -0.3 is 79.6 Å². The van der Waals surface area contributed by atoms with E-state index in [2.05, 4.69) is 16.0 Å². The fraction of sp³-hybridized carbons (Fsp3) is 0.590. The summed E-state index contributed by atoms with van der Waals surface area (Å²) in [5, 5.41) is 51.4. The van der Waals surface area contributed by atoms with E-state index >= 15 is 9.59 Å². The monoisotopic (exact) mass is 1240 g/mol. The molecule has 482 valence electrons. The molecule has 2 bridgehead atoms. The van der Waals surface area contributed by atoms with Gasteiger partial charge in [-0.25, -0.2) is 28.8 Å². The van der Waals surface area contributed by atoms with Crippen molar-refractivity contribution in [3.8, 4) is 0 Å². The van der Waals surface area contributed by atoms with Gasteiger partial charge in [0.2, 0.25) is 12.0 Å². The zero-order chi connectivity index (χ0) is 65.3. The highest BCUT2D eigenvalue weighted by molar-refractivity contribution is 5.95. The summed E-state index contributed by atoms with van der Waals surface area (Å²) >= 11 is 0. The van der Waals surface area contributed by atoms with Crippen LogP contribution in [0, 0.1) is 16.7 Å². The number of amides is 4. The van der Waals surface area contributed by atoms with E-state index in [1.807, 2.05) is 5.32 Å². The van der Waals surface area contributed by atoms with Crippen LogP contribution in [0.1, 0.15) is 135 Å². The van der Waals surface area contributed by atoms with E-state index in [9.17, 15) is 58.5 Å². The quantitative estimate of drug-likeness (QED) is 0.0282. The van der Waals surface area contributed by atoms with Gasteiger partial charge >= 0.3 is 53.9 Å². The average molecular weight is 1240 g/mol. The number of rotatable bonds is 26. The molecule has 88 heavy (non-hydrogen) atoms. The predicted octanol–water partition coefficient (Wildman–Crippen LogP) is 4.26. The lowest BCUT2D eigenvalue weighted by Gasteiger charge is -2.67. The third kappa shape index (κ3) is 15.3. The Hall–Kier alpha value is -8.01. The molecule has 4 amide bonds. The Morgan fingerprint density at radius 1 is 0.784 bits per heavy atom. The van der Waals surface area contributed by atoms with E-state index in [1.165, 1.54) is 45.4 Å². The summed E-state index contributed by atoms with van der Waals surface area (Å²) in [5.74, 6) is -11.2. The molecule has 2 aromatic rings. The Labute approximate surface area is 508 Å². The largest absolute Gasteiger partial charge is 0.481 e. The molecule has 1 saturated heterocycles. The zero-order valence-electron chi connectivity index (χ0n) is 50.9. The van der Waals surface area contributed by atoms with Crippen LogP contribution >= 0.6 is 0 Å². The van der Waals surface area contributed by atoms with Crippen molar-refractivity contribution in [3.05, 3.63) is 82.9 Å². The number of benzene rings is 2. The lowest BCUT2D eigenvalue weighted by Crippen LogP contribution is -2.82. The second-order valence-corrected chi connectivity index (χ2v) is 24.1. The number of Topliss-reactive ketones (excluding diaryl/α,β-unsaturated/α-hetero) is 1. The summed E-state index contributed by atoms with van der Waals surface area (Å²) in [5.41, 5.74) is -8.01. The first kappa shape index (κ1) is 69.1. The Balaban J connectivity index is 1.31. The average Bonchev–Trinajstić information content (AvgIpc) is 0.680. The van der Waals surface area contributed by atoms with Crippen LogP contribution in [0.3, 0.4) is 0 Å². The molecule has 0 radical (unpaired) electrons. The third-order valence-corrected chi connectivity index (χ3v) is 16.9.